The van der Waals surface area contributed by atoms with Gasteiger partial charge in [0.1, 0.15) is 5.54 Å². The molecule has 1 aliphatic heterocycles. The molecule has 1 aliphatic rings. The summed E-state index contributed by atoms with van der Waals surface area (Å²) in [5.41, 5.74) is -0.435. The topological polar surface area (TPSA) is 89.9 Å². The molecule has 1 saturated heterocycles. The highest BCUT2D eigenvalue weighted by Crippen LogP contribution is 2.31. The van der Waals surface area contributed by atoms with Gasteiger partial charge in [0.25, 0.3) is 5.91 Å². The van der Waals surface area contributed by atoms with E-state index in [4.69, 9.17) is 0 Å². The first-order chi connectivity index (χ1) is 15.4. The summed E-state index contributed by atoms with van der Waals surface area (Å²) in [7, 11) is 0. The molecular weight excluding hydrogens is 459 g/mol. The van der Waals surface area contributed by atoms with E-state index in [0.717, 1.165) is 27.5 Å². The molecule has 2 aromatic rings. The van der Waals surface area contributed by atoms with Gasteiger partial charge in [-0.25, -0.2) is 9.86 Å². The molecule has 0 saturated carbocycles. The predicted molar refractivity (Wildman–Crippen MR) is 115 cm³/mol. The van der Waals surface area contributed by atoms with Crippen molar-refractivity contribution in [2.45, 2.75) is 36.5 Å². The van der Waals surface area contributed by atoms with Crippen molar-refractivity contribution in [2.24, 2.45) is 0 Å². The first-order valence-corrected chi connectivity index (χ1v) is 10.9. The number of hydroxylamine groups is 2. The van der Waals surface area contributed by atoms with Crippen LogP contribution in [0.2, 0.25) is 0 Å². The Labute approximate surface area is 192 Å². The van der Waals surface area contributed by atoms with Crippen molar-refractivity contribution in [3.63, 3.8) is 0 Å². The first-order valence-electron chi connectivity index (χ1n) is 9.89. The molecule has 1 heterocycles. The second-order valence-corrected chi connectivity index (χ2v) is 9.11. The molecule has 7 nitrogen and oxygen atoms in total. The molecule has 2 N–H and O–H groups in total. The van der Waals surface area contributed by atoms with E-state index in [1.165, 1.54) is 23.9 Å². The summed E-state index contributed by atoms with van der Waals surface area (Å²) in [4.78, 5) is 37.3. The lowest BCUT2D eigenvalue weighted by Crippen LogP contribution is -2.47. The van der Waals surface area contributed by atoms with Gasteiger partial charge >= 0.3 is 12.2 Å². The molecule has 0 radical (unpaired) electrons. The van der Waals surface area contributed by atoms with Crippen molar-refractivity contribution in [3.05, 3.63) is 54.1 Å². The van der Waals surface area contributed by atoms with E-state index >= 15 is 0 Å². The van der Waals surface area contributed by atoms with Crippen LogP contribution < -0.4 is 5.32 Å². The third-order valence-corrected chi connectivity index (χ3v) is 6.32. The average molecular weight is 481 g/mol. The number of amides is 4. The Morgan fingerprint density at radius 3 is 2.09 bits per heavy atom. The first kappa shape index (κ1) is 24.6. The molecule has 4 amide bonds. The summed E-state index contributed by atoms with van der Waals surface area (Å²) in [6.07, 6.45) is -4.18. The Morgan fingerprint density at radius 2 is 1.64 bits per heavy atom. The molecule has 0 aliphatic carbocycles. The second-order valence-electron chi connectivity index (χ2n) is 8.02. The molecule has 0 spiro atoms. The van der Waals surface area contributed by atoms with Crippen LogP contribution in [-0.4, -0.2) is 57.4 Å². The highest BCUT2D eigenvalue weighted by atomic mass is 32.2. The third kappa shape index (κ3) is 5.66. The maximum absolute atomic E-state index is 12.7. The van der Waals surface area contributed by atoms with Crippen LogP contribution in [0.5, 0.6) is 0 Å². The fourth-order valence-electron chi connectivity index (χ4n) is 3.28. The molecule has 1 unspecified atom stereocenters. The Kier molecular flexibility index (Phi) is 7.03. The maximum atomic E-state index is 12.7. The third-order valence-electron chi connectivity index (χ3n) is 5.16. The van der Waals surface area contributed by atoms with Crippen molar-refractivity contribution >= 4 is 30.1 Å². The molecule has 33 heavy (non-hydrogen) atoms. The van der Waals surface area contributed by atoms with Gasteiger partial charge in [-0.2, -0.15) is 13.2 Å². The number of rotatable bonds is 8. The van der Waals surface area contributed by atoms with Gasteiger partial charge in [0.15, 0.2) is 0 Å². The van der Waals surface area contributed by atoms with Crippen molar-refractivity contribution in [1.29, 1.82) is 0 Å². The minimum atomic E-state index is -4.40. The number of nitrogens with zero attached hydrogens (tertiary/aromatic N) is 2. The van der Waals surface area contributed by atoms with E-state index in [2.05, 4.69) is 5.32 Å². The summed E-state index contributed by atoms with van der Waals surface area (Å²) >= 11 is 1.29. The Morgan fingerprint density at radius 1 is 1.09 bits per heavy atom. The molecule has 0 aromatic heterocycles. The van der Waals surface area contributed by atoms with E-state index in [1.807, 2.05) is 0 Å². The van der Waals surface area contributed by atoms with E-state index in [1.54, 1.807) is 38.1 Å². The summed E-state index contributed by atoms with van der Waals surface area (Å²) in [6, 6.07) is 10.4. The predicted octanol–water partition coefficient (Wildman–Crippen LogP) is 4.01. The zero-order chi connectivity index (χ0) is 24.4. The fourth-order valence-corrected chi connectivity index (χ4v) is 4.25. The summed E-state index contributed by atoms with van der Waals surface area (Å²) in [5, 5.41) is 12.9. The van der Waals surface area contributed by atoms with Crippen LogP contribution in [0.25, 0.3) is 11.1 Å². The normalized spacial score (nSPS) is 16.5. The van der Waals surface area contributed by atoms with E-state index in [9.17, 15) is 32.8 Å². The number of benzene rings is 2. The minimum absolute atomic E-state index is 0.181. The zero-order valence-electron chi connectivity index (χ0n) is 17.8. The molecular formula is C22H22F3N3O4S. The summed E-state index contributed by atoms with van der Waals surface area (Å²) in [6.45, 7) is 2.94. The van der Waals surface area contributed by atoms with Crippen LogP contribution in [0.4, 0.5) is 18.0 Å². The van der Waals surface area contributed by atoms with Crippen molar-refractivity contribution < 1.29 is 32.8 Å². The van der Waals surface area contributed by atoms with Crippen LogP contribution >= 0.6 is 11.8 Å². The van der Waals surface area contributed by atoms with Gasteiger partial charge in [-0.1, -0.05) is 24.3 Å². The van der Waals surface area contributed by atoms with Crippen molar-refractivity contribution in [2.75, 3.05) is 12.3 Å². The average Bonchev–Trinajstić information content (AvgIpc) is 2.97. The van der Waals surface area contributed by atoms with Crippen LogP contribution in [-0.2, 0) is 15.8 Å². The molecule has 11 heteroatoms. The van der Waals surface area contributed by atoms with Crippen LogP contribution in [0.15, 0.2) is 53.4 Å². The molecule has 1 atom stereocenters. The van der Waals surface area contributed by atoms with Gasteiger partial charge in [0, 0.05) is 10.6 Å². The number of carbonyl (C=O) groups is 3. The molecule has 1 fully saturated rings. The number of nitrogens with one attached hydrogen (secondary N) is 1. The number of thioether (sulfide) groups is 1. The highest BCUT2D eigenvalue weighted by Gasteiger charge is 2.45. The quantitative estimate of drug-likeness (QED) is 0.196. The van der Waals surface area contributed by atoms with Gasteiger partial charge < -0.3 is 5.32 Å². The smallest absolute Gasteiger partial charge is 0.324 e. The zero-order valence-corrected chi connectivity index (χ0v) is 18.6. The number of carbonyl (C=O) groups excluding carboxylic acids is 3. The number of imide groups is 1. The van der Waals surface area contributed by atoms with Crippen molar-refractivity contribution in [3.8, 4) is 11.1 Å². The van der Waals surface area contributed by atoms with Gasteiger partial charge in [-0.3, -0.25) is 19.7 Å². The molecule has 2 aromatic carbocycles. The highest BCUT2D eigenvalue weighted by molar-refractivity contribution is 7.99. The summed E-state index contributed by atoms with van der Waals surface area (Å²) in [5.74, 6) is -0.269. The van der Waals surface area contributed by atoms with Crippen LogP contribution in [0.1, 0.15) is 19.4 Å². The second kappa shape index (κ2) is 9.44. The van der Waals surface area contributed by atoms with Gasteiger partial charge in [-0.05, 0) is 49.2 Å². The van der Waals surface area contributed by atoms with Crippen LogP contribution in [0, 0.1) is 0 Å². The molecule has 176 valence electrons. The number of urea groups is 1. The molecule has 0 bridgehead atoms. The number of hydrogen-bond donors (Lipinski definition) is 2. The van der Waals surface area contributed by atoms with Gasteiger partial charge in [0.05, 0.1) is 18.2 Å². The number of halogens is 3. The number of hydrogen-bond acceptors (Lipinski definition) is 5. The van der Waals surface area contributed by atoms with Gasteiger partial charge in [0.2, 0.25) is 6.41 Å². The fraction of sp³-hybridized carbons (Fsp3) is 0.318. The lowest BCUT2D eigenvalue weighted by atomic mass is 10.0. The standard InChI is InChI=1S/C22H22F3N3O4S/c1-21(2)19(30)27(20(31)26-21)11-17(28(32)13-29)12-33-18-9-5-15(6-10-18)14-3-7-16(8-4-14)22(23,24)25/h3-10,13,17,32H,11-12H2,1-2H3,(H,26,31). The summed E-state index contributed by atoms with van der Waals surface area (Å²) < 4.78 is 38.2. The molecule has 3 rings (SSSR count). The SMILES string of the molecule is CC1(C)NC(=O)N(CC(CSc2ccc(-c3ccc(C(F)(F)F)cc3)cc2)N(O)C=O)C1=O. The van der Waals surface area contributed by atoms with Gasteiger partial charge in [-0.15, -0.1) is 11.8 Å². The van der Waals surface area contributed by atoms with Crippen LogP contribution in [0.3, 0.4) is 0 Å². The number of alkyl halides is 3. The van der Waals surface area contributed by atoms with E-state index in [0.29, 0.717) is 10.6 Å². The minimum Gasteiger partial charge on any atom is -0.324 e. The monoisotopic (exact) mass is 481 g/mol. The Hall–Kier alpha value is -3.05. The Bertz CT molecular complexity index is 1030. The van der Waals surface area contributed by atoms with E-state index in [-0.39, 0.29) is 18.7 Å². The lowest BCUT2D eigenvalue weighted by molar-refractivity contribution is -0.160. The Balaban J connectivity index is 1.66. The largest absolute Gasteiger partial charge is 0.416 e. The van der Waals surface area contributed by atoms with Crippen molar-refractivity contribution in [1.82, 2.24) is 15.3 Å². The maximum Gasteiger partial charge on any atom is 0.416 e. The lowest BCUT2D eigenvalue weighted by Gasteiger charge is -2.26. The van der Waals surface area contributed by atoms with E-state index < -0.39 is 35.3 Å².